The molecule has 0 saturated carbocycles. The molecule has 0 aliphatic rings. The maximum Gasteiger partial charge on any atom is 0.198 e. The van der Waals surface area contributed by atoms with Gasteiger partial charge in [0.2, 0.25) is 0 Å². The first kappa shape index (κ1) is 20.8. The van der Waals surface area contributed by atoms with E-state index in [0.29, 0.717) is 23.7 Å². The lowest BCUT2D eigenvalue weighted by Crippen LogP contribution is -2.05. The van der Waals surface area contributed by atoms with Gasteiger partial charge in [-0.15, -0.1) is 0 Å². The Balaban J connectivity index is 1.59. The molecule has 0 aliphatic carbocycles. The summed E-state index contributed by atoms with van der Waals surface area (Å²) in [6.45, 7) is 0.681. The lowest BCUT2D eigenvalue weighted by Gasteiger charge is -2.12. The molecule has 0 fully saturated rings. The summed E-state index contributed by atoms with van der Waals surface area (Å²) in [5.74, 6) is 3.05. The van der Waals surface area contributed by atoms with Gasteiger partial charge in [-0.3, -0.25) is 0 Å². The van der Waals surface area contributed by atoms with E-state index in [1.807, 2.05) is 60.7 Å². The molecule has 2 aromatic heterocycles. The summed E-state index contributed by atoms with van der Waals surface area (Å²) in [6, 6.07) is 21.7. The Bertz CT molecular complexity index is 1430. The fourth-order valence-electron chi connectivity index (χ4n) is 3.95. The highest BCUT2D eigenvalue weighted by Crippen LogP contribution is 2.29. The number of aromatic nitrogens is 4. The molecule has 0 spiro atoms. The molecule has 3 aromatic carbocycles. The number of para-hydroxylation sites is 2. The molecule has 2 heterocycles. The largest absolute Gasteiger partial charge is 0.497 e. The van der Waals surface area contributed by atoms with Crippen molar-refractivity contribution in [3.63, 3.8) is 0 Å². The number of aryl methyl sites for hydroxylation is 2. The third-order valence-corrected chi connectivity index (χ3v) is 5.68. The van der Waals surface area contributed by atoms with Crippen LogP contribution in [0, 0.1) is 0 Å². The number of fused-ring (bicyclic) bond motifs is 2. The molecule has 7 nitrogen and oxygen atoms in total. The van der Waals surface area contributed by atoms with Gasteiger partial charge in [0.25, 0.3) is 0 Å². The number of imidazole rings is 1. The highest BCUT2D eigenvalue weighted by Gasteiger charge is 2.16. The zero-order chi connectivity index (χ0) is 22.8. The molecule has 7 heteroatoms. The summed E-state index contributed by atoms with van der Waals surface area (Å²) < 4.78 is 18.3. The number of ether oxygens (including phenoxy) is 3. The second kappa shape index (κ2) is 8.78. The lowest BCUT2D eigenvalue weighted by molar-refractivity contribution is 0.354. The standard InChI is InChI=1S/C26H24N4O3/c1-31-19-11-9-18(10-12-19)25-29-24-26(28-21-7-5-4-6-20(21)27-24)30(25)15-14-17-8-13-22(32-2)23(16-17)33-3/h4-13,16H,14-15H2,1-3H3. The van der Waals surface area contributed by atoms with Gasteiger partial charge in [0.05, 0.1) is 32.4 Å². The maximum atomic E-state index is 5.47. The van der Waals surface area contributed by atoms with Crippen LogP contribution in [-0.4, -0.2) is 40.8 Å². The molecule has 0 N–H and O–H groups in total. The number of nitrogens with zero attached hydrogens (tertiary/aromatic N) is 4. The first-order valence-corrected chi connectivity index (χ1v) is 10.7. The number of hydrogen-bond acceptors (Lipinski definition) is 6. The molecule has 5 rings (SSSR count). The van der Waals surface area contributed by atoms with Gasteiger partial charge in [0.1, 0.15) is 11.6 Å². The van der Waals surface area contributed by atoms with E-state index in [1.165, 1.54) is 0 Å². The summed E-state index contributed by atoms with van der Waals surface area (Å²) in [7, 11) is 4.94. The first-order chi connectivity index (χ1) is 16.2. The molecule has 0 unspecified atom stereocenters. The Kier molecular flexibility index (Phi) is 5.52. The highest BCUT2D eigenvalue weighted by molar-refractivity contribution is 5.84. The molecule has 0 radical (unpaired) electrons. The van der Waals surface area contributed by atoms with Gasteiger partial charge < -0.3 is 18.8 Å². The fraction of sp³-hybridized carbons (Fsp3) is 0.192. The van der Waals surface area contributed by atoms with Crippen molar-refractivity contribution in [2.24, 2.45) is 0 Å². The maximum absolute atomic E-state index is 5.47. The minimum Gasteiger partial charge on any atom is -0.497 e. The van der Waals surface area contributed by atoms with Crippen LogP contribution < -0.4 is 14.2 Å². The van der Waals surface area contributed by atoms with Crippen molar-refractivity contribution < 1.29 is 14.2 Å². The third-order valence-electron chi connectivity index (χ3n) is 5.68. The fourth-order valence-corrected chi connectivity index (χ4v) is 3.95. The van der Waals surface area contributed by atoms with Crippen molar-refractivity contribution in [3.8, 4) is 28.6 Å². The van der Waals surface area contributed by atoms with E-state index in [9.17, 15) is 0 Å². The second-order valence-corrected chi connectivity index (χ2v) is 7.61. The van der Waals surface area contributed by atoms with Crippen LogP contribution in [0.3, 0.4) is 0 Å². The molecule has 0 amide bonds. The van der Waals surface area contributed by atoms with Gasteiger partial charge in [-0.25, -0.2) is 15.0 Å². The summed E-state index contributed by atoms with van der Waals surface area (Å²) in [5.41, 5.74) is 5.18. The Morgan fingerprint density at radius 3 is 2.15 bits per heavy atom. The molecule has 5 aromatic rings. The monoisotopic (exact) mass is 440 g/mol. The number of methoxy groups -OCH3 is 3. The van der Waals surface area contributed by atoms with E-state index in [0.717, 1.165) is 45.8 Å². The first-order valence-electron chi connectivity index (χ1n) is 10.7. The Labute approximate surface area is 191 Å². The van der Waals surface area contributed by atoms with Crippen molar-refractivity contribution in [1.29, 1.82) is 0 Å². The lowest BCUT2D eigenvalue weighted by atomic mass is 10.1. The zero-order valence-electron chi connectivity index (χ0n) is 18.8. The predicted octanol–water partition coefficient (Wildman–Crippen LogP) is 4.92. The Morgan fingerprint density at radius 2 is 1.45 bits per heavy atom. The van der Waals surface area contributed by atoms with E-state index in [1.54, 1.807) is 21.3 Å². The van der Waals surface area contributed by atoms with Crippen LogP contribution in [0.2, 0.25) is 0 Å². The van der Waals surface area contributed by atoms with E-state index < -0.39 is 0 Å². The Morgan fingerprint density at radius 1 is 0.727 bits per heavy atom. The SMILES string of the molecule is COc1ccc(-c2nc3nc4ccccc4nc3n2CCc2ccc(OC)c(OC)c2)cc1. The van der Waals surface area contributed by atoms with E-state index in [-0.39, 0.29) is 0 Å². The van der Waals surface area contributed by atoms with Crippen LogP contribution in [0.25, 0.3) is 33.7 Å². The average molecular weight is 441 g/mol. The zero-order valence-corrected chi connectivity index (χ0v) is 18.8. The van der Waals surface area contributed by atoms with Crippen molar-refractivity contribution in [1.82, 2.24) is 19.5 Å². The van der Waals surface area contributed by atoms with E-state index in [2.05, 4.69) is 10.6 Å². The normalized spacial score (nSPS) is 11.1. The van der Waals surface area contributed by atoms with Crippen LogP contribution in [0.15, 0.2) is 66.7 Å². The van der Waals surface area contributed by atoms with Crippen LogP contribution in [0.4, 0.5) is 0 Å². The average Bonchev–Trinajstić information content (AvgIpc) is 3.23. The minimum atomic E-state index is 0.631. The summed E-state index contributed by atoms with van der Waals surface area (Å²) in [4.78, 5) is 14.5. The number of rotatable bonds is 7. The molecular formula is C26H24N4O3. The summed E-state index contributed by atoms with van der Waals surface area (Å²) in [5, 5.41) is 0. The van der Waals surface area contributed by atoms with E-state index >= 15 is 0 Å². The minimum absolute atomic E-state index is 0.631. The third kappa shape index (κ3) is 3.93. The smallest absolute Gasteiger partial charge is 0.198 e. The van der Waals surface area contributed by atoms with Gasteiger partial charge >= 0.3 is 0 Å². The molecule has 0 atom stereocenters. The Hall–Kier alpha value is -4.13. The molecule has 0 bridgehead atoms. The molecule has 0 saturated heterocycles. The van der Waals surface area contributed by atoms with Gasteiger partial charge in [-0.2, -0.15) is 0 Å². The summed E-state index contributed by atoms with van der Waals surface area (Å²) >= 11 is 0. The topological polar surface area (TPSA) is 71.3 Å². The van der Waals surface area contributed by atoms with E-state index in [4.69, 9.17) is 29.2 Å². The predicted molar refractivity (Wildman–Crippen MR) is 128 cm³/mol. The van der Waals surface area contributed by atoms with Gasteiger partial charge in [0.15, 0.2) is 22.8 Å². The molecule has 33 heavy (non-hydrogen) atoms. The van der Waals surface area contributed by atoms with Crippen LogP contribution >= 0.6 is 0 Å². The van der Waals surface area contributed by atoms with Crippen molar-refractivity contribution in [3.05, 3.63) is 72.3 Å². The van der Waals surface area contributed by atoms with Crippen LogP contribution in [0.1, 0.15) is 5.56 Å². The number of benzene rings is 3. The molecular weight excluding hydrogens is 416 g/mol. The van der Waals surface area contributed by atoms with Gasteiger partial charge in [0, 0.05) is 12.1 Å². The van der Waals surface area contributed by atoms with Crippen molar-refractivity contribution in [2.75, 3.05) is 21.3 Å². The van der Waals surface area contributed by atoms with Crippen molar-refractivity contribution >= 4 is 22.3 Å². The van der Waals surface area contributed by atoms with Crippen LogP contribution in [-0.2, 0) is 13.0 Å². The van der Waals surface area contributed by atoms with Crippen molar-refractivity contribution in [2.45, 2.75) is 13.0 Å². The summed E-state index contributed by atoms with van der Waals surface area (Å²) in [6.07, 6.45) is 0.767. The van der Waals surface area contributed by atoms with Crippen LogP contribution in [0.5, 0.6) is 17.2 Å². The van der Waals surface area contributed by atoms with Gasteiger partial charge in [-0.1, -0.05) is 18.2 Å². The second-order valence-electron chi connectivity index (χ2n) is 7.61. The molecule has 0 aliphatic heterocycles. The highest BCUT2D eigenvalue weighted by atomic mass is 16.5. The molecule has 166 valence electrons. The number of hydrogen-bond donors (Lipinski definition) is 0. The quantitative estimate of drug-likeness (QED) is 0.358. The van der Waals surface area contributed by atoms with Gasteiger partial charge in [-0.05, 0) is 60.5 Å².